The van der Waals surface area contributed by atoms with Crippen molar-refractivity contribution in [2.24, 2.45) is 5.92 Å². The average Bonchev–Trinajstić information content (AvgIpc) is 3.05. The Balaban J connectivity index is 1.84. The Hall–Kier alpha value is -0.440. The highest BCUT2D eigenvalue weighted by atomic mass is 79.9. The molecule has 1 aromatic rings. The van der Waals surface area contributed by atoms with Crippen molar-refractivity contribution >= 4 is 15.9 Å². The Kier molecular flexibility index (Phi) is 3.95. The zero-order valence-corrected chi connectivity index (χ0v) is 10.6. The molecule has 2 rings (SSSR count). The Bertz CT molecular complexity index is 341. The number of alkyl halides is 1. The molecule has 0 saturated heterocycles. The van der Waals surface area contributed by atoms with Gasteiger partial charge in [-0.25, -0.2) is 8.78 Å². The normalized spacial score (nSPS) is 17.4. The van der Waals surface area contributed by atoms with E-state index in [1.807, 2.05) is 0 Å². The van der Waals surface area contributed by atoms with E-state index in [4.69, 9.17) is 0 Å². The van der Waals surface area contributed by atoms with Crippen molar-refractivity contribution in [3.63, 3.8) is 0 Å². The van der Waals surface area contributed by atoms with Crippen LogP contribution in [-0.2, 0) is 6.42 Å². The van der Waals surface area contributed by atoms with E-state index in [2.05, 4.69) is 15.9 Å². The minimum absolute atomic E-state index is 0.234. The van der Waals surface area contributed by atoms with Gasteiger partial charge in [0.05, 0.1) is 0 Å². The highest BCUT2D eigenvalue weighted by Gasteiger charge is 2.28. The van der Waals surface area contributed by atoms with Gasteiger partial charge in [-0.1, -0.05) is 22.0 Å². The molecule has 1 aliphatic carbocycles. The fourth-order valence-corrected chi connectivity index (χ4v) is 2.79. The summed E-state index contributed by atoms with van der Waals surface area (Å²) in [5.41, 5.74) is 0.234. The lowest BCUT2D eigenvalue weighted by Crippen LogP contribution is -2.02. The van der Waals surface area contributed by atoms with E-state index in [9.17, 15) is 8.78 Å². The molecule has 1 saturated carbocycles. The molecule has 1 aromatic carbocycles. The second kappa shape index (κ2) is 5.26. The lowest BCUT2D eigenvalue weighted by molar-refractivity contribution is 0.542. The van der Waals surface area contributed by atoms with Crippen LogP contribution in [-0.4, -0.2) is 4.83 Å². The second-order valence-corrected chi connectivity index (χ2v) is 5.62. The first-order valence-corrected chi connectivity index (χ1v) is 6.67. The third-order valence-corrected chi connectivity index (χ3v) is 4.31. The maximum atomic E-state index is 13.3. The number of benzene rings is 1. The fourth-order valence-electron chi connectivity index (χ4n) is 1.94. The maximum Gasteiger partial charge on any atom is 0.129 e. The summed E-state index contributed by atoms with van der Waals surface area (Å²) in [4.78, 5) is 0.530. The van der Waals surface area contributed by atoms with E-state index in [1.165, 1.54) is 31.0 Å². The summed E-state index contributed by atoms with van der Waals surface area (Å²) in [7, 11) is 0. The minimum atomic E-state index is -0.419. The summed E-state index contributed by atoms with van der Waals surface area (Å²) < 4.78 is 26.6. The van der Waals surface area contributed by atoms with Gasteiger partial charge in [0, 0.05) is 10.4 Å². The molecule has 0 aromatic heterocycles. The molecule has 0 aliphatic heterocycles. The zero-order valence-electron chi connectivity index (χ0n) is 9.06. The summed E-state index contributed by atoms with van der Waals surface area (Å²) >= 11 is 3.63. The molecule has 0 amide bonds. The predicted molar refractivity (Wildman–Crippen MR) is 64.7 cm³/mol. The van der Waals surface area contributed by atoms with Crippen LogP contribution in [0.3, 0.4) is 0 Å². The maximum absolute atomic E-state index is 13.3. The summed E-state index contributed by atoms with van der Waals surface area (Å²) in [5, 5.41) is 0. The van der Waals surface area contributed by atoms with Crippen LogP contribution >= 0.6 is 15.9 Å². The monoisotopic (exact) mass is 288 g/mol. The Morgan fingerprint density at radius 2 is 1.88 bits per heavy atom. The van der Waals surface area contributed by atoms with Crippen molar-refractivity contribution < 1.29 is 8.78 Å². The standard InChI is InChI=1S/C13H15BrF2/c14-11(9-7-8-9)4-1-3-10-12(15)5-2-6-13(10)16/h2,5-6,9,11H,1,3-4,7-8H2. The molecule has 1 fully saturated rings. The molecule has 0 N–H and O–H groups in total. The predicted octanol–water partition coefficient (Wildman–Crippen LogP) is 4.46. The molecule has 0 heterocycles. The molecule has 0 bridgehead atoms. The van der Waals surface area contributed by atoms with E-state index >= 15 is 0 Å². The SMILES string of the molecule is Fc1cccc(F)c1CCCC(Br)C1CC1. The molecular formula is C13H15BrF2. The van der Waals surface area contributed by atoms with Crippen LogP contribution in [0.1, 0.15) is 31.2 Å². The van der Waals surface area contributed by atoms with E-state index in [0.29, 0.717) is 11.2 Å². The molecule has 1 atom stereocenters. The molecule has 0 spiro atoms. The topological polar surface area (TPSA) is 0 Å². The van der Waals surface area contributed by atoms with E-state index in [-0.39, 0.29) is 5.56 Å². The lowest BCUT2D eigenvalue weighted by Gasteiger charge is -2.08. The first-order valence-electron chi connectivity index (χ1n) is 5.75. The molecule has 16 heavy (non-hydrogen) atoms. The second-order valence-electron chi connectivity index (χ2n) is 4.45. The van der Waals surface area contributed by atoms with Crippen molar-refractivity contribution in [1.29, 1.82) is 0 Å². The minimum Gasteiger partial charge on any atom is -0.207 e. The van der Waals surface area contributed by atoms with Gasteiger partial charge in [-0.3, -0.25) is 0 Å². The lowest BCUT2D eigenvalue weighted by atomic mass is 10.0. The van der Waals surface area contributed by atoms with Crippen molar-refractivity contribution in [3.05, 3.63) is 35.4 Å². The molecule has 1 unspecified atom stereocenters. The summed E-state index contributed by atoms with van der Waals surface area (Å²) in [5.74, 6) is -0.0412. The molecular weight excluding hydrogens is 274 g/mol. The number of halogens is 3. The van der Waals surface area contributed by atoms with Crippen LogP contribution in [0.15, 0.2) is 18.2 Å². The van der Waals surface area contributed by atoms with Gasteiger partial charge in [-0.05, 0) is 50.2 Å². The van der Waals surface area contributed by atoms with Gasteiger partial charge in [-0.15, -0.1) is 0 Å². The first kappa shape index (κ1) is 12.0. The third-order valence-electron chi connectivity index (χ3n) is 3.10. The smallest absolute Gasteiger partial charge is 0.129 e. The van der Waals surface area contributed by atoms with Gasteiger partial charge >= 0.3 is 0 Å². The molecule has 88 valence electrons. The number of hydrogen-bond donors (Lipinski definition) is 0. The van der Waals surface area contributed by atoms with Crippen LogP contribution < -0.4 is 0 Å². The summed E-state index contributed by atoms with van der Waals surface area (Å²) in [6.45, 7) is 0. The van der Waals surface area contributed by atoms with E-state index in [0.717, 1.165) is 18.8 Å². The van der Waals surface area contributed by atoms with Crippen molar-refractivity contribution in [3.8, 4) is 0 Å². The first-order chi connectivity index (χ1) is 7.68. The summed E-state index contributed by atoms with van der Waals surface area (Å²) in [6, 6.07) is 4.06. The van der Waals surface area contributed by atoms with Crippen molar-refractivity contribution in [1.82, 2.24) is 0 Å². The quantitative estimate of drug-likeness (QED) is 0.702. The Morgan fingerprint density at radius 3 is 2.44 bits per heavy atom. The fraction of sp³-hybridized carbons (Fsp3) is 0.538. The highest BCUT2D eigenvalue weighted by Crippen LogP contribution is 2.38. The van der Waals surface area contributed by atoms with Crippen molar-refractivity contribution in [2.75, 3.05) is 0 Å². The largest absolute Gasteiger partial charge is 0.207 e. The third kappa shape index (κ3) is 3.03. The average molecular weight is 289 g/mol. The van der Waals surface area contributed by atoms with Crippen LogP contribution in [0, 0.1) is 17.6 Å². The van der Waals surface area contributed by atoms with Crippen LogP contribution in [0.2, 0.25) is 0 Å². The van der Waals surface area contributed by atoms with Crippen LogP contribution in [0.4, 0.5) is 8.78 Å². The van der Waals surface area contributed by atoms with Gasteiger partial charge < -0.3 is 0 Å². The van der Waals surface area contributed by atoms with Crippen LogP contribution in [0.5, 0.6) is 0 Å². The molecule has 1 aliphatic rings. The van der Waals surface area contributed by atoms with Gasteiger partial charge in [0.25, 0.3) is 0 Å². The Labute approximate surface area is 103 Å². The van der Waals surface area contributed by atoms with Crippen molar-refractivity contribution in [2.45, 2.75) is 36.9 Å². The van der Waals surface area contributed by atoms with Gasteiger partial charge in [0.15, 0.2) is 0 Å². The zero-order chi connectivity index (χ0) is 11.5. The van der Waals surface area contributed by atoms with E-state index < -0.39 is 11.6 Å². The Morgan fingerprint density at radius 1 is 1.25 bits per heavy atom. The molecule has 0 radical (unpaired) electrons. The van der Waals surface area contributed by atoms with E-state index in [1.54, 1.807) is 0 Å². The number of hydrogen-bond acceptors (Lipinski definition) is 0. The highest BCUT2D eigenvalue weighted by molar-refractivity contribution is 9.09. The molecule has 3 heteroatoms. The van der Waals surface area contributed by atoms with Gasteiger partial charge in [0.2, 0.25) is 0 Å². The molecule has 0 nitrogen and oxygen atoms in total. The number of rotatable bonds is 5. The van der Waals surface area contributed by atoms with Gasteiger partial charge in [0.1, 0.15) is 11.6 Å². The summed E-state index contributed by atoms with van der Waals surface area (Å²) in [6.07, 6.45) is 4.92. The van der Waals surface area contributed by atoms with Gasteiger partial charge in [-0.2, -0.15) is 0 Å². The van der Waals surface area contributed by atoms with Crippen LogP contribution in [0.25, 0.3) is 0 Å².